The molecule has 0 spiro atoms. The van der Waals surface area contributed by atoms with Crippen LogP contribution in [0.15, 0.2) is 18.5 Å². The number of hydrogen-bond donors (Lipinski definition) is 0. The van der Waals surface area contributed by atoms with Crippen LogP contribution in [0.1, 0.15) is 54.5 Å². The fraction of sp³-hybridized carbons (Fsp3) is 0.500. The smallest absolute Gasteiger partial charge is 0.297 e. The molecule has 0 atom stereocenters. The molecule has 1 aromatic carbocycles. The van der Waals surface area contributed by atoms with Crippen LogP contribution in [0, 0.1) is 13.8 Å². The van der Waals surface area contributed by atoms with Gasteiger partial charge in [-0.05, 0) is 64.2 Å². The number of fused-ring (bicyclic) bond motifs is 1. The Labute approximate surface area is 137 Å². The number of nitrogens with zero attached hydrogens (tertiary/aromatic N) is 4. The van der Waals surface area contributed by atoms with Gasteiger partial charge < -0.3 is 4.90 Å². The first kappa shape index (κ1) is 15.7. The van der Waals surface area contributed by atoms with Crippen molar-refractivity contribution in [3.05, 3.63) is 41.0 Å². The first-order valence-corrected chi connectivity index (χ1v) is 8.12. The monoisotopic (exact) mass is 312 g/mol. The van der Waals surface area contributed by atoms with Crippen molar-refractivity contribution in [3.8, 4) is 0 Å². The van der Waals surface area contributed by atoms with Gasteiger partial charge in [-0.15, -0.1) is 5.10 Å². The minimum Gasteiger partial charge on any atom is -0.305 e. The summed E-state index contributed by atoms with van der Waals surface area (Å²) in [4.78, 5) is 19.0. The van der Waals surface area contributed by atoms with Crippen molar-refractivity contribution in [1.29, 1.82) is 0 Å². The number of carbonyl (C=O) groups excluding carboxylic acids is 1. The molecule has 1 aromatic heterocycles. The van der Waals surface area contributed by atoms with Crippen LogP contribution in [-0.4, -0.2) is 27.2 Å². The first-order chi connectivity index (χ1) is 10.8. The van der Waals surface area contributed by atoms with E-state index in [1.54, 1.807) is 11.0 Å². The molecule has 0 N–H and O–H groups in total. The maximum absolute atomic E-state index is 13.0. The zero-order valence-corrected chi connectivity index (χ0v) is 14.6. The largest absolute Gasteiger partial charge is 0.305 e. The number of rotatable bonds is 1. The molecule has 0 aliphatic carbocycles. The van der Waals surface area contributed by atoms with Crippen LogP contribution in [-0.2, 0) is 12.0 Å². The highest BCUT2D eigenvalue weighted by Gasteiger charge is 2.28. The quantitative estimate of drug-likeness (QED) is 0.812. The Morgan fingerprint density at radius 1 is 1.22 bits per heavy atom. The molecule has 0 fully saturated rings. The molecule has 122 valence electrons. The number of aryl methyl sites for hydroxylation is 2. The molecule has 23 heavy (non-hydrogen) atoms. The van der Waals surface area contributed by atoms with E-state index < -0.39 is 0 Å². The summed E-state index contributed by atoms with van der Waals surface area (Å²) in [6.07, 6.45) is 3.63. The van der Waals surface area contributed by atoms with E-state index in [2.05, 4.69) is 36.1 Å². The van der Waals surface area contributed by atoms with Gasteiger partial charge >= 0.3 is 0 Å². The topological polar surface area (TPSA) is 51.0 Å². The summed E-state index contributed by atoms with van der Waals surface area (Å²) in [7, 11) is 0. The van der Waals surface area contributed by atoms with Crippen molar-refractivity contribution < 1.29 is 4.79 Å². The number of carbonyl (C=O) groups is 1. The first-order valence-electron chi connectivity index (χ1n) is 8.12. The molecule has 0 radical (unpaired) electrons. The van der Waals surface area contributed by atoms with E-state index in [4.69, 9.17) is 0 Å². The number of amides is 1. The van der Waals surface area contributed by atoms with Gasteiger partial charge in [0.05, 0.1) is 11.2 Å². The number of anilines is 1. The maximum atomic E-state index is 13.0. The van der Waals surface area contributed by atoms with Crippen LogP contribution in [0.25, 0.3) is 0 Å². The fourth-order valence-electron chi connectivity index (χ4n) is 2.98. The molecule has 1 aliphatic rings. The fourth-order valence-corrected chi connectivity index (χ4v) is 2.98. The molecular formula is C18H24N4O. The van der Waals surface area contributed by atoms with E-state index in [9.17, 15) is 4.79 Å². The van der Waals surface area contributed by atoms with Gasteiger partial charge in [0.25, 0.3) is 5.91 Å². The summed E-state index contributed by atoms with van der Waals surface area (Å²) in [6.45, 7) is 11.0. The molecule has 0 saturated carbocycles. The van der Waals surface area contributed by atoms with Crippen LogP contribution in [0.4, 0.5) is 5.69 Å². The summed E-state index contributed by atoms with van der Waals surface area (Å²) >= 11 is 0. The molecule has 1 amide bonds. The Balaban J connectivity index is 1.99. The van der Waals surface area contributed by atoms with Crippen molar-refractivity contribution in [3.63, 3.8) is 0 Å². The molecule has 5 nitrogen and oxygen atoms in total. The van der Waals surface area contributed by atoms with Gasteiger partial charge in [-0.3, -0.25) is 4.79 Å². The lowest BCUT2D eigenvalue weighted by atomic mass is 9.95. The number of benzene rings is 1. The lowest BCUT2D eigenvalue weighted by molar-refractivity contribution is 0.0974. The van der Waals surface area contributed by atoms with E-state index >= 15 is 0 Å². The molecular weight excluding hydrogens is 288 g/mol. The van der Waals surface area contributed by atoms with Crippen LogP contribution in [0.3, 0.4) is 0 Å². The Hall–Kier alpha value is -2.17. The third-order valence-electron chi connectivity index (χ3n) is 4.50. The summed E-state index contributed by atoms with van der Waals surface area (Å²) in [6, 6.07) is 4.27. The van der Waals surface area contributed by atoms with Gasteiger partial charge in [0, 0.05) is 6.54 Å². The van der Waals surface area contributed by atoms with Crippen molar-refractivity contribution in [2.24, 2.45) is 0 Å². The van der Waals surface area contributed by atoms with Gasteiger partial charge in [-0.1, -0.05) is 12.1 Å². The van der Waals surface area contributed by atoms with E-state index in [0.29, 0.717) is 0 Å². The standard InChI is InChI=1S/C18H24N4O/c1-12-8-9-14-7-6-10-21(15(14)13(12)2)17(23)16-19-11-22(20-16)18(3,4)5/h8-9,11H,6-7,10H2,1-5H3. The van der Waals surface area contributed by atoms with Crippen molar-refractivity contribution in [2.75, 3.05) is 11.4 Å². The Kier molecular flexibility index (Phi) is 3.74. The summed E-state index contributed by atoms with van der Waals surface area (Å²) < 4.78 is 1.74. The number of hydrogen-bond acceptors (Lipinski definition) is 3. The predicted molar refractivity (Wildman–Crippen MR) is 90.9 cm³/mol. The van der Waals surface area contributed by atoms with E-state index in [1.807, 2.05) is 25.7 Å². The Bertz CT molecular complexity index is 755. The van der Waals surface area contributed by atoms with E-state index in [1.165, 1.54) is 16.7 Å². The lowest BCUT2D eigenvalue weighted by Gasteiger charge is -2.31. The Morgan fingerprint density at radius 3 is 2.61 bits per heavy atom. The molecule has 0 unspecified atom stereocenters. The molecule has 2 heterocycles. The van der Waals surface area contributed by atoms with Crippen molar-refractivity contribution in [2.45, 2.75) is 53.0 Å². The number of aromatic nitrogens is 3. The van der Waals surface area contributed by atoms with Gasteiger partial charge in [0.2, 0.25) is 5.82 Å². The predicted octanol–water partition coefficient (Wildman–Crippen LogP) is 3.24. The van der Waals surface area contributed by atoms with Crippen molar-refractivity contribution >= 4 is 11.6 Å². The zero-order chi connectivity index (χ0) is 16.8. The second kappa shape index (κ2) is 5.48. The van der Waals surface area contributed by atoms with E-state index in [-0.39, 0.29) is 17.3 Å². The molecule has 2 aromatic rings. The summed E-state index contributed by atoms with van der Waals surface area (Å²) in [5, 5.41) is 4.40. The molecule has 0 saturated heterocycles. The van der Waals surface area contributed by atoms with Crippen molar-refractivity contribution in [1.82, 2.24) is 14.8 Å². The highest BCUT2D eigenvalue weighted by molar-refractivity contribution is 6.04. The minimum atomic E-state index is -0.183. The van der Waals surface area contributed by atoms with Crippen LogP contribution < -0.4 is 4.90 Å². The molecule has 3 rings (SSSR count). The van der Waals surface area contributed by atoms with Gasteiger partial charge in [-0.2, -0.15) is 0 Å². The highest BCUT2D eigenvalue weighted by atomic mass is 16.2. The lowest BCUT2D eigenvalue weighted by Crippen LogP contribution is -2.37. The SMILES string of the molecule is Cc1ccc2c(c1C)N(C(=O)c1ncn(C(C)(C)C)n1)CCC2. The van der Waals surface area contributed by atoms with Crippen LogP contribution in [0.2, 0.25) is 0 Å². The average Bonchev–Trinajstić information content (AvgIpc) is 3.00. The second-order valence-corrected chi connectivity index (χ2v) is 7.26. The zero-order valence-electron chi connectivity index (χ0n) is 14.6. The van der Waals surface area contributed by atoms with E-state index in [0.717, 1.165) is 25.1 Å². The average molecular weight is 312 g/mol. The maximum Gasteiger partial charge on any atom is 0.297 e. The van der Waals surface area contributed by atoms with Gasteiger partial charge in [0.1, 0.15) is 6.33 Å². The normalized spacial score (nSPS) is 14.7. The molecule has 5 heteroatoms. The molecule has 0 bridgehead atoms. The second-order valence-electron chi connectivity index (χ2n) is 7.26. The summed E-state index contributed by atoms with van der Waals surface area (Å²) in [5.41, 5.74) is 4.48. The molecule has 1 aliphatic heterocycles. The van der Waals surface area contributed by atoms with Gasteiger partial charge in [-0.25, -0.2) is 9.67 Å². The third kappa shape index (κ3) is 2.76. The Morgan fingerprint density at radius 2 is 1.96 bits per heavy atom. The summed E-state index contributed by atoms with van der Waals surface area (Å²) in [5.74, 6) is 0.163. The third-order valence-corrected chi connectivity index (χ3v) is 4.50. The van der Waals surface area contributed by atoms with Crippen LogP contribution >= 0.6 is 0 Å². The highest BCUT2D eigenvalue weighted by Crippen LogP contribution is 2.33. The van der Waals surface area contributed by atoms with Crippen LogP contribution in [0.5, 0.6) is 0 Å². The van der Waals surface area contributed by atoms with Gasteiger partial charge in [0.15, 0.2) is 0 Å². The minimum absolute atomic E-state index is 0.109.